The normalized spacial score (nSPS) is 16.0. The summed E-state index contributed by atoms with van der Waals surface area (Å²) in [4.78, 5) is 6.45. The molecular formula is C14H20Cl2GaN4S. The first-order valence-corrected chi connectivity index (χ1v) is 14.0. The van der Waals surface area contributed by atoms with Crippen LogP contribution < -0.4 is 0 Å². The number of thiol groups is 1. The molecule has 1 radical (unpaired) electrons. The molecular weight excluding hydrogens is 397 g/mol. The number of aromatic nitrogens is 1. The van der Waals surface area contributed by atoms with E-state index in [1.165, 1.54) is 25.7 Å². The van der Waals surface area contributed by atoms with Gasteiger partial charge in [-0.1, -0.05) is 18.9 Å². The number of nitrogens with zero attached hydrogens (tertiary/aromatic N) is 4. The van der Waals surface area contributed by atoms with Gasteiger partial charge in [-0.25, -0.2) is 4.90 Å². The topological polar surface area (TPSA) is 42.6 Å². The Morgan fingerprint density at radius 3 is 2.45 bits per heavy atom. The molecule has 1 aliphatic heterocycles. The Labute approximate surface area is 153 Å². The third kappa shape index (κ3) is 7.94. The van der Waals surface area contributed by atoms with Crippen LogP contribution in [0, 0.1) is 0 Å². The van der Waals surface area contributed by atoms with Crippen LogP contribution in [0.5, 0.6) is 0 Å². The Morgan fingerprint density at radius 2 is 1.91 bits per heavy atom. The predicted octanol–water partition coefficient (Wildman–Crippen LogP) is 3.42. The molecule has 119 valence electrons. The van der Waals surface area contributed by atoms with Gasteiger partial charge >= 0.3 is 34.7 Å². The van der Waals surface area contributed by atoms with E-state index in [0.29, 0.717) is 5.11 Å². The van der Waals surface area contributed by atoms with Gasteiger partial charge < -0.3 is 10.5 Å². The van der Waals surface area contributed by atoms with Gasteiger partial charge in [0.1, 0.15) is 0 Å². The van der Waals surface area contributed by atoms with Crippen LogP contribution in [0.2, 0.25) is 0 Å². The Kier molecular flexibility index (Phi) is 11.2. The van der Waals surface area contributed by atoms with Crippen molar-refractivity contribution >= 4 is 57.7 Å². The van der Waals surface area contributed by atoms with Gasteiger partial charge in [-0.15, -0.1) is 0 Å². The van der Waals surface area contributed by atoms with Gasteiger partial charge in [0.2, 0.25) is 0 Å². The van der Waals surface area contributed by atoms with E-state index in [4.69, 9.17) is 19.3 Å². The second kappa shape index (κ2) is 12.3. The summed E-state index contributed by atoms with van der Waals surface area (Å²) < 4.78 is 0. The van der Waals surface area contributed by atoms with Gasteiger partial charge in [-0.05, 0) is 31.9 Å². The summed E-state index contributed by atoms with van der Waals surface area (Å²) in [5.41, 5.74) is 5.88. The van der Waals surface area contributed by atoms with Crippen LogP contribution in [-0.4, -0.2) is 49.2 Å². The van der Waals surface area contributed by atoms with Crippen LogP contribution in [0.4, 0.5) is 0 Å². The maximum atomic E-state index is 4.92. The molecule has 1 aliphatic rings. The molecule has 0 spiro atoms. The van der Waals surface area contributed by atoms with Crippen molar-refractivity contribution < 1.29 is 0 Å². The molecule has 0 N–H and O–H groups in total. The van der Waals surface area contributed by atoms with E-state index in [2.05, 4.69) is 32.6 Å². The van der Waals surface area contributed by atoms with Crippen LogP contribution in [0.15, 0.2) is 29.5 Å². The Morgan fingerprint density at radius 1 is 1.27 bits per heavy atom. The van der Waals surface area contributed by atoms with E-state index in [1.807, 2.05) is 25.1 Å². The zero-order valence-corrected chi connectivity index (χ0v) is 17.5. The molecule has 1 aromatic rings. The first kappa shape index (κ1) is 19.9. The molecule has 0 unspecified atom stereocenters. The van der Waals surface area contributed by atoms with Crippen molar-refractivity contribution in [3.05, 3.63) is 35.5 Å². The molecule has 0 saturated carbocycles. The third-order valence-electron chi connectivity index (χ3n) is 3.21. The van der Waals surface area contributed by atoms with Gasteiger partial charge in [0.15, 0.2) is 17.3 Å². The minimum atomic E-state index is -0.743. The molecule has 1 saturated heterocycles. The molecule has 1 fully saturated rings. The summed E-state index contributed by atoms with van der Waals surface area (Å²) >= 11 is 3.71. The molecule has 8 heteroatoms. The number of hydrogen-bond acceptors (Lipinski definition) is 2. The zero-order valence-electron chi connectivity index (χ0n) is 12.6. The van der Waals surface area contributed by atoms with E-state index < -0.39 is 15.4 Å². The second-order valence-electron chi connectivity index (χ2n) is 4.78. The number of hydrogen-bond donors (Lipinski definition) is 0. The summed E-state index contributed by atoms with van der Waals surface area (Å²) in [5, 5.41) is 4.93. The Hall–Kier alpha value is -0.114. The van der Waals surface area contributed by atoms with Crippen molar-refractivity contribution in [2.24, 2.45) is 5.10 Å². The standard InChI is InChI=1S/C14H20N4S.2ClH.Ga/c1-12(13-8-4-5-9-15-13)16-17-14(19)18-10-6-2-3-7-11-18;;;/h4-5,8-9H,2-3,6-7,10-11H2,1H3,(H,15,17,19);2*1H;/q;;;+2/p-2. The molecule has 0 aromatic carbocycles. The summed E-state index contributed by atoms with van der Waals surface area (Å²) in [6.07, 6.45) is 6.78. The van der Waals surface area contributed by atoms with E-state index in [0.717, 1.165) is 24.5 Å². The number of halogens is 2. The fourth-order valence-corrected chi connectivity index (χ4v) is 2.33. The van der Waals surface area contributed by atoms with Crippen molar-refractivity contribution in [2.75, 3.05) is 13.1 Å². The Bertz CT molecular complexity index is 465. The molecule has 0 aliphatic carbocycles. The predicted molar refractivity (Wildman–Crippen MR) is 101 cm³/mol. The summed E-state index contributed by atoms with van der Waals surface area (Å²) in [5.74, 6) is 0. The van der Waals surface area contributed by atoms with Crippen molar-refractivity contribution in [3.8, 4) is 0 Å². The maximum absolute atomic E-state index is 4.92. The van der Waals surface area contributed by atoms with E-state index in [1.54, 1.807) is 6.20 Å². The molecule has 0 atom stereocenters. The molecule has 0 amide bonds. The monoisotopic (exact) mass is 415 g/mol. The van der Waals surface area contributed by atoms with Gasteiger partial charge in [0.05, 0.1) is 5.69 Å². The number of rotatable bonds is 2. The molecule has 1 aromatic heterocycles. The zero-order chi connectivity index (χ0) is 16.2. The molecule has 2 heterocycles. The summed E-state index contributed by atoms with van der Waals surface area (Å²) in [6.45, 7) is 3.97. The van der Waals surface area contributed by atoms with Crippen LogP contribution in [0.1, 0.15) is 38.3 Å². The average Bonchev–Trinajstić information content (AvgIpc) is 2.83. The second-order valence-corrected chi connectivity index (χ2v) is 8.96. The van der Waals surface area contributed by atoms with Gasteiger partial charge in [0.25, 0.3) is 0 Å². The fourth-order valence-electron chi connectivity index (χ4n) is 2.08. The fraction of sp³-hybridized carbons (Fsp3) is 0.500. The molecule has 0 bridgehead atoms. The van der Waals surface area contributed by atoms with Crippen LogP contribution in [0.3, 0.4) is 0 Å². The average molecular weight is 417 g/mol. The van der Waals surface area contributed by atoms with Crippen LogP contribution in [-0.2, 0) is 12.2 Å². The quantitative estimate of drug-likeness (QED) is 0.185. The minimum absolute atomic E-state index is 0.706. The first-order chi connectivity index (χ1) is 10.7. The number of pyridine rings is 1. The van der Waals surface area contributed by atoms with Gasteiger partial charge in [0, 0.05) is 25.0 Å². The first-order valence-electron chi connectivity index (χ1n) is 7.18. The molecule has 22 heavy (non-hydrogen) atoms. The van der Waals surface area contributed by atoms with Crippen LogP contribution >= 0.6 is 19.3 Å². The van der Waals surface area contributed by atoms with E-state index >= 15 is 0 Å². The molecule has 2 rings (SSSR count). The van der Waals surface area contributed by atoms with Gasteiger partial charge in [-0.3, -0.25) is 4.98 Å². The third-order valence-corrected chi connectivity index (χ3v) is 3.59. The van der Waals surface area contributed by atoms with E-state index in [9.17, 15) is 0 Å². The molecule has 4 nitrogen and oxygen atoms in total. The van der Waals surface area contributed by atoms with E-state index in [-0.39, 0.29) is 0 Å². The van der Waals surface area contributed by atoms with Gasteiger partial charge in [-0.2, -0.15) is 0 Å². The van der Waals surface area contributed by atoms with Crippen molar-refractivity contribution in [3.63, 3.8) is 0 Å². The SMILES string of the molecule is CC(=N[N-]C(=[SH+])N1CCCCCC1)c1ccccn1.[Cl][Ga][Cl]. The Balaban J connectivity index is 0.000000745. The number of likely N-dealkylation sites (tertiary alicyclic amines) is 1. The van der Waals surface area contributed by atoms with Crippen molar-refractivity contribution in [2.45, 2.75) is 32.6 Å². The summed E-state index contributed by atoms with van der Waals surface area (Å²) in [6, 6.07) is 5.77. The van der Waals surface area contributed by atoms with Crippen LogP contribution in [0.25, 0.3) is 5.43 Å². The van der Waals surface area contributed by atoms with Crippen molar-refractivity contribution in [1.29, 1.82) is 0 Å². The summed E-state index contributed by atoms with van der Waals surface area (Å²) in [7, 11) is 9.84. The van der Waals surface area contributed by atoms with Crippen molar-refractivity contribution in [1.82, 2.24) is 9.88 Å².